The summed E-state index contributed by atoms with van der Waals surface area (Å²) in [5.41, 5.74) is 3.58. The predicted octanol–water partition coefficient (Wildman–Crippen LogP) is 2.88. The minimum atomic E-state index is 0.666. The molecule has 0 saturated heterocycles. The third-order valence-corrected chi connectivity index (χ3v) is 3.45. The minimum Gasteiger partial charge on any atom is -0.362 e. The van der Waals surface area contributed by atoms with Crippen molar-refractivity contribution >= 4 is 23.0 Å². The van der Waals surface area contributed by atoms with Crippen LogP contribution < -0.4 is 10.6 Å². The Morgan fingerprint density at radius 2 is 2.15 bits per heavy atom. The molecule has 0 unspecified atom stereocenters. The highest BCUT2D eigenvalue weighted by Crippen LogP contribution is 2.13. The van der Waals surface area contributed by atoms with E-state index in [9.17, 15) is 0 Å². The standard InChI is InChI=1S/C15H20N4S/c1-12-4-5-14(10-13(12)2)18-15(20)17-6-3-8-19-9-7-16-11-19/h4-5,7,9-11H,3,6,8H2,1-2H3,(H2,17,18,20). The normalized spacial score (nSPS) is 10.3. The molecule has 0 radical (unpaired) electrons. The summed E-state index contributed by atoms with van der Waals surface area (Å²) >= 11 is 5.28. The zero-order chi connectivity index (χ0) is 14.4. The Balaban J connectivity index is 1.71. The molecule has 0 aliphatic rings. The van der Waals surface area contributed by atoms with Gasteiger partial charge in [-0.1, -0.05) is 6.07 Å². The monoisotopic (exact) mass is 288 g/mol. The molecule has 0 saturated carbocycles. The van der Waals surface area contributed by atoms with E-state index in [2.05, 4.69) is 46.2 Å². The van der Waals surface area contributed by atoms with Crippen LogP contribution in [0.5, 0.6) is 0 Å². The lowest BCUT2D eigenvalue weighted by molar-refractivity contribution is 0.632. The van der Waals surface area contributed by atoms with Gasteiger partial charge in [-0.3, -0.25) is 0 Å². The van der Waals surface area contributed by atoms with Crippen LogP contribution in [0.2, 0.25) is 0 Å². The van der Waals surface area contributed by atoms with E-state index in [1.54, 1.807) is 6.20 Å². The second-order valence-electron chi connectivity index (χ2n) is 4.83. The number of thiocarbonyl (C=S) groups is 1. The van der Waals surface area contributed by atoms with Crippen molar-refractivity contribution in [1.82, 2.24) is 14.9 Å². The molecule has 0 spiro atoms. The third-order valence-electron chi connectivity index (χ3n) is 3.20. The zero-order valence-electron chi connectivity index (χ0n) is 11.9. The summed E-state index contributed by atoms with van der Waals surface area (Å²) in [6.45, 7) is 5.99. The number of hydrogen-bond donors (Lipinski definition) is 2. The van der Waals surface area contributed by atoms with Gasteiger partial charge in [-0.05, 0) is 55.7 Å². The lowest BCUT2D eigenvalue weighted by atomic mass is 10.1. The van der Waals surface area contributed by atoms with E-state index in [-0.39, 0.29) is 0 Å². The average Bonchev–Trinajstić information content (AvgIpc) is 2.92. The number of imidazole rings is 1. The van der Waals surface area contributed by atoms with E-state index in [4.69, 9.17) is 12.2 Å². The van der Waals surface area contributed by atoms with Crippen molar-refractivity contribution in [2.45, 2.75) is 26.8 Å². The highest BCUT2D eigenvalue weighted by molar-refractivity contribution is 7.80. The van der Waals surface area contributed by atoms with Crippen LogP contribution in [0.3, 0.4) is 0 Å². The highest BCUT2D eigenvalue weighted by Gasteiger charge is 1.99. The van der Waals surface area contributed by atoms with Crippen LogP contribution >= 0.6 is 12.2 Å². The van der Waals surface area contributed by atoms with E-state index in [0.29, 0.717) is 5.11 Å². The smallest absolute Gasteiger partial charge is 0.170 e. The first-order chi connectivity index (χ1) is 9.65. The van der Waals surface area contributed by atoms with Crippen molar-refractivity contribution in [1.29, 1.82) is 0 Å². The highest BCUT2D eigenvalue weighted by atomic mass is 32.1. The second-order valence-corrected chi connectivity index (χ2v) is 5.24. The molecule has 4 nitrogen and oxygen atoms in total. The van der Waals surface area contributed by atoms with Gasteiger partial charge < -0.3 is 15.2 Å². The van der Waals surface area contributed by atoms with Crippen LogP contribution in [0.15, 0.2) is 36.9 Å². The van der Waals surface area contributed by atoms with Gasteiger partial charge in [0.15, 0.2) is 5.11 Å². The second kappa shape index (κ2) is 7.05. The molecule has 106 valence electrons. The van der Waals surface area contributed by atoms with E-state index in [1.165, 1.54) is 11.1 Å². The van der Waals surface area contributed by atoms with Crippen LogP contribution in [0.25, 0.3) is 0 Å². The molecule has 2 aromatic rings. The van der Waals surface area contributed by atoms with Crippen LogP contribution in [-0.2, 0) is 6.54 Å². The predicted molar refractivity (Wildman–Crippen MR) is 87.0 cm³/mol. The SMILES string of the molecule is Cc1ccc(NC(=S)NCCCn2ccnc2)cc1C. The van der Waals surface area contributed by atoms with Crippen molar-refractivity contribution in [3.63, 3.8) is 0 Å². The maximum atomic E-state index is 5.28. The van der Waals surface area contributed by atoms with Gasteiger partial charge in [0.05, 0.1) is 6.33 Å². The fourth-order valence-corrected chi connectivity index (χ4v) is 2.10. The van der Waals surface area contributed by atoms with Crippen LogP contribution in [0.1, 0.15) is 17.5 Å². The molecular weight excluding hydrogens is 268 g/mol. The maximum absolute atomic E-state index is 5.28. The Morgan fingerprint density at radius 1 is 1.30 bits per heavy atom. The fraction of sp³-hybridized carbons (Fsp3) is 0.333. The van der Waals surface area contributed by atoms with Crippen LogP contribution in [0, 0.1) is 13.8 Å². The average molecular weight is 288 g/mol. The molecule has 0 atom stereocenters. The lowest BCUT2D eigenvalue weighted by Gasteiger charge is -2.12. The minimum absolute atomic E-state index is 0.666. The summed E-state index contributed by atoms with van der Waals surface area (Å²) in [6, 6.07) is 6.25. The molecular formula is C15H20N4S. The summed E-state index contributed by atoms with van der Waals surface area (Å²) in [5.74, 6) is 0. The third kappa shape index (κ3) is 4.35. The number of hydrogen-bond acceptors (Lipinski definition) is 2. The molecule has 1 aromatic carbocycles. The molecule has 20 heavy (non-hydrogen) atoms. The Labute approximate surface area is 125 Å². The number of benzene rings is 1. The molecule has 2 rings (SSSR count). The van der Waals surface area contributed by atoms with Gasteiger partial charge in [-0.2, -0.15) is 0 Å². The summed E-state index contributed by atoms with van der Waals surface area (Å²) in [4.78, 5) is 4.01. The Bertz CT molecular complexity index is 563. The summed E-state index contributed by atoms with van der Waals surface area (Å²) in [5, 5.41) is 7.08. The summed E-state index contributed by atoms with van der Waals surface area (Å²) in [7, 11) is 0. The number of aromatic nitrogens is 2. The molecule has 0 amide bonds. The Morgan fingerprint density at radius 3 is 2.85 bits per heavy atom. The van der Waals surface area contributed by atoms with E-state index < -0.39 is 0 Å². The molecule has 0 fully saturated rings. The van der Waals surface area contributed by atoms with E-state index in [1.807, 2.05) is 18.6 Å². The number of anilines is 1. The van der Waals surface area contributed by atoms with Gasteiger partial charge in [0.2, 0.25) is 0 Å². The quantitative estimate of drug-likeness (QED) is 0.656. The zero-order valence-corrected chi connectivity index (χ0v) is 12.7. The molecule has 0 aliphatic carbocycles. The first-order valence-corrected chi connectivity index (χ1v) is 7.14. The van der Waals surface area contributed by atoms with Crippen LogP contribution in [-0.4, -0.2) is 21.2 Å². The Hall–Kier alpha value is -1.88. The van der Waals surface area contributed by atoms with Gasteiger partial charge in [0.1, 0.15) is 0 Å². The maximum Gasteiger partial charge on any atom is 0.170 e. The first-order valence-electron chi connectivity index (χ1n) is 6.73. The van der Waals surface area contributed by atoms with Crippen molar-refractivity contribution < 1.29 is 0 Å². The van der Waals surface area contributed by atoms with Crippen molar-refractivity contribution in [3.05, 3.63) is 48.0 Å². The summed E-state index contributed by atoms with van der Waals surface area (Å²) < 4.78 is 2.06. The van der Waals surface area contributed by atoms with Gasteiger partial charge in [-0.25, -0.2) is 4.98 Å². The molecule has 0 bridgehead atoms. The molecule has 1 aromatic heterocycles. The molecule has 1 heterocycles. The topological polar surface area (TPSA) is 41.9 Å². The lowest BCUT2D eigenvalue weighted by Crippen LogP contribution is -2.29. The Kier molecular flexibility index (Phi) is 5.12. The van der Waals surface area contributed by atoms with E-state index in [0.717, 1.165) is 25.2 Å². The van der Waals surface area contributed by atoms with Crippen molar-refractivity contribution in [2.24, 2.45) is 0 Å². The molecule has 2 N–H and O–H groups in total. The fourth-order valence-electron chi connectivity index (χ4n) is 1.88. The molecule has 0 aliphatic heterocycles. The number of aryl methyl sites for hydroxylation is 3. The first kappa shape index (κ1) is 14.5. The van der Waals surface area contributed by atoms with Gasteiger partial charge in [0.25, 0.3) is 0 Å². The van der Waals surface area contributed by atoms with Gasteiger partial charge in [-0.15, -0.1) is 0 Å². The van der Waals surface area contributed by atoms with Gasteiger partial charge in [0, 0.05) is 31.2 Å². The number of nitrogens with one attached hydrogen (secondary N) is 2. The van der Waals surface area contributed by atoms with Crippen molar-refractivity contribution in [2.75, 3.05) is 11.9 Å². The van der Waals surface area contributed by atoms with E-state index >= 15 is 0 Å². The van der Waals surface area contributed by atoms with Crippen LogP contribution in [0.4, 0.5) is 5.69 Å². The van der Waals surface area contributed by atoms with Crippen molar-refractivity contribution in [3.8, 4) is 0 Å². The largest absolute Gasteiger partial charge is 0.362 e. The number of nitrogens with zero attached hydrogens (tertiary/aromatic N) is 2. The number of rotatable bonds is 5. The van der Waals surface area contributed by atoms with Gasteiger partial charge >= 0.3 is 0 Å². The molecule has 5 heteroatoms. The summed E-state index contributed by atoms with van der Waals surface area (Å²) in [6.07, 6.45) is 6.59.